The van der Waals surface area contributed by atoms with Crippen LogP contribution in [0.25, 0.3) is 10.8 Å². The molecule has 4 nitrogen and oxygen atoms in total. The number of pyridine rings is 2. The Bertz CT molecular complexity index is 761. The fourth-order valence-electron chi connectivity index (χ4n) is 1.91. The molecule has 2 heterocycles. The molecule has 0 aliphatic rings. The molecule has 2 aromatic heterocycles. The predicted octanol–water partition coefficient (Wildman–Crippen LogP) is 3.37. The molecule has 2 N–H and O–H groups in total. The number of hydrogen-bond donors (Lipinski definition) is 1. The minimum Gasteiger partial charge on any atom is -0.497 e. The van der Waals surface area contributed by atoms with Crippen molar-refractivity contribution in [3.05, 3.63) is 48.8 Å². The molecule has 20 heavy (non-hydrogen) atoms. The Kier molecular flexibility index (Phi) is 3.43. The van der Waals surface area contributed by atoms with Crippen LogP contribution in [0.4, 0.5) is 5.69 Å². The minimum absolute atomic E-state index is 0.652. The van der Waals surface area contributed by atoms with E-state index >= 15 is 0 Å². The lowest BCUT2D eigenvalue weighted by Gasteiger charge is -2.08. The molecule has 0 amide bonds. The lowest BCUT2D eigenvalue weighted by atomic mass is 10.2. The second-order valence-electron chi connectivity index (χ2n) is 4.20. The Morgan fingerprint density at radius 2 is 1.90 bits per heavy atom. The van der Waals surface area contributed by atoms with Gasteiger partial charge >= 0.3 is 0 Å². The van der Waals surface area contributed by atoms with E-state index < -0.39 is 0 Å². The molecule has 0 saturated carbocycles. The minimum atomic E-state index is 0.652. The third-order valence-electron chi connectivity index (χ3n) is 2.93. The number of anilines is 1. The number of aromatic nitrogens is 2. The molecule has 0 atom stereocenters. The van der Waals surface area contributed by atoms with E-state index in [2.05, 4.69) is 9.97 Å². The highest BCUT2D eigenvalue weighted by molar-refractivity contribution is 7.99. The molecule has 3 aromatic rings. The Labute approximate surface area is 121 Å². The zero-order valence-corrected chi connectivity index (χ0v) is 11.7. The number of nitrogen functional groups attached to an aromatic ring is 1. The van der Waals surface area contributed by atoms with Gasteiger partial charge in [-0.15, -0.1) is 0 Å². The molecule has 100 valence electrons. The zero-order chi connectivity index (χ0) is 13.9. The monoisotopic (exact) mass is 283 g/mol. The number of ether oxygens (including phenoxy) is 1. The van der Waals surface area contributed by atoms with Crippen LogP contribution in [-0.2, 0) is 0 Å². The summed E-state index contributed by atoms with van der Waals surface area (Å²) >= 11 is 1.46. The highest BCUT2D eigenvalue weighted by Crippen LogP contribution is 2.34. The van der Waals surface area contributed by atoms with Crippen molar-refractivity contribution in [2.45, 2.75) is 10.1 Å². The van der Waals surface area contributed by atoms with Crippen molar-refractivity contribution in [1.29, 1.82) is 0 Å². The van der Waals surface area contributed by atoms with E-state index in [0.717, 1.165) is 26.6 Å². The molecule has 0 unspecified atom stereocenters. The van der Waals surface area contributed by atoms with Crippen molar-refractivity contribution in [1.82, 2.24) is 9.97 Å². The summed E-state index contributed by atoms with van der Waals surface area (Å²) in [5.41, 5.74) is 6.58. The summed E-state index contributed by atoms with van der Waals surface area (Å²) in [6.45, 7) is 0. The average Bonchev–Trinajstić information content (AvgIpc) is 2.49. The van der Waals surface area contributed by atoms with Gasteiger partial charge in [-0.05, 0) is 47.5 Å². The van der Waals surface area contributed by atoms with Crippen LogP contribution in [0, 0.1) is 0 Å². The van der Waals surface area contributed by atoms with Crippen LogP contribution in [0.5, 0.6) is 5.75 Å². The second kappa shape index (κ2) is 5.38. The van der Waals surface area contributed by atoms with Crippen molar-refractivity contribution < 1.29 is 4.74 Å². The van der Waals surface area contributed by atoms with E-state index in [4.69, 9.17) is 10.5 Å². The number of methoxy groups -OCH3 is 1. The van der Waals surface area contributed by atoms with Gasteiger partial charge in [0.1, 0.15) is 15.8 Å². The first-order chi connectivity index (χ1) is 9.78. The molecule has 0 fully saturated rings. The molecule has 0 spiro atoms. The van der Waals surface area contributed by atoms with Crippen molar-refractivity contribution in [3.63, 3.8) is 0 Å². The summed E-state index contributed by atoms with van der Waals surface area (Å²) in [7, 11) is 1.65. The third-order valence-corrected chi connectivity index (χ3v) is 3.98. The first-order valence-electron chi connectivity index (χ1n) is 6.09. The summed E-state index contributed by atoms with van der Waals surface area (Å²) in [4.78, 5) is 8.72. The quantitative estimate of drug-likeness (QED) is 0.798. The molecule has 5 heteroatoms. The molecular weight excluding hydrogens is 270 g/mol. The number of nitrogens with zero attached hydrogens (tertiary/aromatic N) is 2. The summed E-state index contributed by atoms with van der Waals surface area (Å²) in [5.74, 6) is 0.807. The van der Waals surface area contributed by atoms with Crippen LogP contribution in [0.1, 0.15) is 0 Å². The molecule has 3 rings (SSSR count). The lowest BCUT2D eigenvalue weighted by Crippen LogP contribution is -1.92. The van der Waals surface area contributed by atoms with Gasteiger partial charge in [0, 0.05) is 17.8 Å². The summed E-state index contributed by atoms with van der Waals surface area (Å²) in [6, 6.07) is 11.6. The van der Waals surface area contributed by atoms with E-state index in [0.29, 0.717) is 5.69 Å². The number of nitrogens with two attached hydrogens (primary N) is 1. The first kappa shape index (κ1) is 12.7. The molecule has 0 saturated heterocycles. The number of hydrogen-bond acceptors (Lipinski definition) is 5. The largest absolute Gasteiger partial charge is 0.497 e. The maximum atomic E-state index is 5.93. The normalized spacial score (nSPS) is 10.7. The van der Waals surface area contributed by atoms with Crippen LogP contribution in [0.3, 0.4) is 0 Å². The van der Waals surface area contributed by atoms with Gasteiger partial charge in [-0.3, -0.25) is 0 Å². The van der Waals surface area contributed by atoms with Crippen LogP contribution < -0.4 is 10.5 Å². The summed E-state index contributed by atoms with van der Waals surface area (Å²) in [5, 5.41) is 3.77. The maximum Gasteiger partial charge on any atom is 0.125 e. The zero-order valence-electron chi connectivity index (χ0n) is 10.9. The van der Waals surface area contributed by atoms with Gasteiger partial charge in [0.15, 0.2) is 0 Å². The number of rotatable bonds is 3. The smallest absolute Gasteiger partial charge is 0.125 e. The number of benzene rings is 1. The van der Waals surface area contributed by atoms with Crippen molar-refractivity contribution in [2.24, 2.45) is 0 Å². The Morgan fingerprint density at radius 1 is 1.05 bits per heavy atom. The lowest BCUT2D eigenvalue weighted by molar-refractivity contribution is 0.415. The van der Waals surface area contributed by atoms with Crippen molar-refractivity contribution >= 4 is 28.2 Å². The highest BCUT2D eigenvalue weighted by atomic mass is 32.2. The summed E-state index contributed by atoms with van der Waals surface area (Å²) in [6.07, 6.45) is 3.51. The van der Waals surface area contributed by atoms with E-state index in [1.165, 1.54) is 11.8 Å². The number of fused-ring (bicyclic) bond motifs is 1. The topological polar surface area (TPSA) is 61.0 Å². The van der Waals surface area contributed by atoms with E-state index in [1.807, 2.05) is 36.4 Å². The van der Waals surface area contributed by atoms with Crippen LogP contribution in [0.15, 0.2) is 58.8 Å². The molecule has 0 aliphatic heterocycles. The Hall–Kier alpha value is -2.27. The summed E-state index contributed by atoms with van der Waals surface area (Å²) < 4.78 is 5.27. The van der Waals surface area contributed by atoms with Gasteiger partial charge in [-0.2, -0.15) is 0 Å². The van der Waals surface area contributed by atoms with Gasteiger partial charge in [-0.25, -0.2) is 9.97 Å². The molecule has 0 radical (unpaired) electrons. The Balaban J connectivity index is 2.09. The molecule has 0 bridgehead atoms. The van der Waals surface area contributed by atoms with Gasteiger partial charge in [0.2, 0.25) is 0 Å². The fraction of sp³-hybridized carbons (Fsp3) is 0.0667. The van der Waals surface area contributed by atoms with Gasteiger partial charge in [-0.1, -0.05) is 6.07 Å². The fourth-order valence-corrected chi connectivity index (χ4v) is 2.79. The van der Waals surface area contributed by atoms with Crippen LogP contribution in [-0.4, -0.2) is 17.1 Å². The van der Waals surface area contributed by atoms with E-state index in [9.17, 15) is 0 Å². The SMILES string of the molecule is COc1ccc2ccnc(Sc3ncccc3N)c2c1. The standard InChI is InChI=1S/C15H13N3OS/c1-19-11-5-4-10-6-8-18-14(12(10)9-11)20-15-13(16)3-2-7-17-15/h2-9H,16H2,1H3. The molecular formula is C15H13N3OS. The third kappa shape index (κ3) is 2.40. The van der Waals surface area contributed by atoms with Crippen LogP contribution in [0.2, 0.25) is 0 Å². The average molecular weight is 283 g/mol. The van der Waals surface area contributed by atoms with Crippen LogP contribution >= 0.6 is 11.8 Å². The predicted molar refractivity (Wildman–Crippen MR) is 81.1 cm³/mol. The molecule has 0 aliphatic carbocycles. The Morgan fingerprint density at radius 3 is 2.70 bits per heavy atom. The second-order valence-corrected chi connectivity index (χ2v) is 5.18. The first-order valence-corrected chi connectivity index (χ1v) is 6.90. The maximum absolute atomic E-state index is 5.93. The van der Waals surface area contributed by atoms with Gasteiger partial charge < -0.3 is 10.5 Å². The van der Waals surface area contributed by atoms with E-state index in [1.54, 1.807) is 19.5 Å². The van der Waals surface area contributed by atoms with Crippen molar-refractivity contribution in [2.75, 3.05) is 12.8 Å². The molecule has 1 aromatic carbocycles. The van der Waals surface area contributed by atoms with Crippen molar-refractivity contribution in [3.8, 4) is 5.75 Å². The van der Waals surface area contributed by atoms with Gasteiger partial charge in [0.05, 0.1) is 12.8 Å². The van der Waals surface area contributed by atoms with Gasteiger partial charge in [0.25, 0.3) is 0 Å². The highest BCUT2D eigenvalue weighted by Gasteiger charge is 2.08. The van der Waals surface area contributed by atoms with E-state index in [-0.39, 0.29) is 0 Å².